The third-order valence-electron chi connectivity index (χ3n) is 2.50. The van der Waals surface area contributed by atoms with Crippen LogP contribution in [0, 0.1) is 12.1 Å². The van der Waals surface area contributed by atoms with Crippen LogP contribution < -0.4 is 10.0 Å². The van der Waals surface area contributed by atoms with Crippen LogP contribution >= 0.6 is 35.0 Å². The van der Waals surface area contributed by atoms with Gasteiger partial charge >= 0.3 is 0 Å². The van der Waals surface area contributed by atoms with E-state index in [1.807, 2.05) is 0 Å². The van der Waals surface area contributed by atoms with E-state index in [2.05, 4.69) is 10.3 Å². The SMILES string of the molecule is Cc1nc(NC(=O)CSc2cccc[n+]2[O-])c(Cl)cc1Cl. The van der Waals surface area contributed by atoms with E-state index >= 15 is 0 Å². The van der Waals surface area contributed by atoms with Crippen molar-refractivity contribution in [3.05, 3.63) is 51.4 Å². The molecule has 2 aromatic heterocycles. The summed E-state index contributed by atoms with van der Waals surface area (Å²) in [6.45, 7) is 1.72. The first-order valence-corrected chi connectivity index (χ1v) is 7.65. The van der Waals surface area contributed by atoms with Crippen LogP contribution in [0.15, 0.2) is 35.5 Å². The Morgan fingerprint density at radius 2 is 2.19 bits per heavy atom. The molecule has 0 saturated carbocycles. The van der Waals surface area contributed by atoms with Crippen molar-refractivity contribution in [2.45, 2.75) is 11.9 Å². The number of nitrogens with one attached hydrogen (secondary N) is 1. The Balaban J connectivity index is 1.99. The summed E-state index contributed by atoms with van der Waals surface area (Å²) in [7, 11) is 0. The number of hydrogen-bond donors (Lipinski definition) is 1. The van der Waals surface area contributed by atoms with Crippen molar-refractivity contribution in [3.8, 4) is 0 Å². The van der Waals surface area contributed by atoms with Crippen LogP contribution in [-0.4, -0.2) is 16.6 Å². The topological polar surface area (TPSA) is 68.9 Å². The minimum atomic E-state index is -0.306. The van der Waals surface area contributed by atoms with Gasteiger partial charge in [0.15, 0.2) is 12.0 Å². The lowest BCUT2D eigenvalue weighted by molar-refractivity contribution is -0.645. The summed E-state index contributed by atoms with van der Waals surface area (Å²) < 4.78 is 0.704. The van der Waals surface area contributed by atoms with Crippen LogP contribution in [0.2, 0.25) is 10.0 Å². The molecule has 2 heterocycles. The van der Waals surface area contributed by atoms with E-state index in [1.165, 1.54) is 12.3 Å². The number of halogens is 2. The van der Waals surface area contributed by atoms with Gasteiger partial charge in [-0.25, -0.2) is 4.98 Å². The lowest BCUT2D eigenvalue weighted by atomic mass is 10.3. The quantitative estimate of drug-likeness (QED) is 0.526. The summed E-state index contributed by atoms with van der Waals surface area (Å²) in [6, 6.07) is 6.52. The van der Waals surface area contributed by atoms with Crippen molar-refractivity contribution in [1.29, 1.82) is 0 Å². The molecule has 1 N–H and O–H groups in total. The Morgan fingerprint density at radius 1 is 1.43 bits per heavy atom. The Morgan fingerprint density at radius 3 is 2.90 bits per heavy atom. The minimum Gasteiger partial charge on any atom is -0.618 e. The first-order chi connectivity index (χ1) is 9.97. The summed E-state index contributed by atoms with van der Waals surface area (Å²) in [4.78, 5) is 16.0. The lowest BCUT2D eigenvalue weighted by Crippen LogP contribution is -2.28. The maximum atomic E-state index is 11.9. The van der Waals surface area contributed by atoms with Gasteiger partial charge in [-0.15, -0.1) is 0 Å². The Hall–Kier alpha value is -1.50. The monoisotopic (exact) mass is 343 g/mol. The van der Waals surface area contributed by atoms with Gasteiger partial charge in [0, 0.05) is 12.1 Å². The molecule has 0 aliphatic rings. The van der Waals surface area contributed by atoms with Crippen LogP contribution in [0.5, 0.6) is 0 Å². The molecule has 0 spiro atoms. The maximum Gasteiger partial charge on any atom is 0.251 e. The molecular weight excluding hydrogens is 333 g/mol. The zero-order valence-electron chi connectivity index (χ0n) is 11.0. The fourth-order valence-corrected chi connectivity index (χ4v) is 2.60. The smallest absolute Gasteiger partial charge is 0.251 e. The van der Waals surface area contributed by atoms with Crippen molar-refractivity contribution >= 4 is 46.7 Å². The number of pyridine rings is 2. The maximum absolute atomic E-state index is 11.9. The van der Waals surface area contributed by atoms with Crippen molar-refractivity contribution in [2.24, 2.45) is 0 Å². The van der Waals surface area contributed by atoms with Gasteiger partial charge in [0.2, 0.25) is 5.91 Å². The third-order valence-corrected chi connectivity index (χ3v) is 4.19. The number of anilines is 1. The number of thioether (sulfide) groups is 1. The van der Waals surface area contributed by atoms with E-state index in [9.17, 15) is 10.0 Å². The number of carbonyl (C=O) groups excluding carboxylic acids is 1. The first-order valence-electron chi connectivity index (χ1n) is 5.91. The Bertz CT molecular complexity index is 682. The summed E-state index contributed by atoms with van der Waals surface area (Å²) in [5.41, 5.74) is 0.574. The minimum absolute atomic E-state index is 0.0753. The van der Waals surface area contributed by atoms with Crippen LogP contribution in [0.1, 0.15) is 5.69 Å². The summed E-state index contributed by atoms with van der Waals surface area (Å²) in [5.74, 6) is 0.0264. The molecule has 0 atom stereocenters. The molecule has 0 saturated heterocycles. The molecule has 0 unspecified atom stereocenters. The van der Waals surface area contributed by atoms with Crippen LogP contribution in [0.4, 0.5) is 5.82 Å². The number of aryl methyl sites for hydroxylation is 1. The third kappa shape index (κ3) is 4.23. The van der Waals surface area contributed by atoms with E-state index in [0.717, 1.165) is 11.8 Å². The highest BCUT2D eigenvalue weighted by atomic mass is 35.5. The summed E-state index contributed by atoms with van der Waals surface area (Å²) in [5, 5.41) is 15.2. The highest BCUT2D eigenvalue weighted by molar-refractivity contribution is 7.99. The predicted molar refractivity (Wildman–Crippen MR) is 83.7 cm³/mol. The van der Waals surface area contributed by atoms with Gasteiger partial charge in [-0.1, -0.05) is 23.2 Å². The Kier molecular flexibility index (Phi) is 5.27. The molecule has 0 radical (unpaired) electrons. The highest BCUT2D eigenvalue weighted by Crippen LogP contribution is 2.25. The molecule has 2 rings (SSSR count). The van der Waals surface area contributed by atoms with E-state index in [4.69, 9.17) is 23.2 Å². The number of amides is 1. The van der Waals surface area contributed by atoms with Gasteiger partial charge in [0.25, 0.3) is 5.03 Å². The molecule has 0 aliphatic heterocycles. The molecule has 8 heteroatoms. The highest BCUT2D eigenvalue weighted by Gasteiger charge is 2.12. The number of carbonyl (C=O) groups is 1. The fraction of sp³-hybridized carbons (Fsp3) is 0.154. The molecule has 5 nitrogen and oxygen atoms in total. The second kappa shape index (κ2) is 6.98. The van der Waals surface area contributed by atoms with Crippen molar-refractivity contribution in [3.63, 3.8) is 0 Å². The van der Waals surface area contributed by atoms with Gasteiger partial charge in [0.05, 0.1) is 21.5 Å². The zero-order valence-corrected chi connectivity index (χ0v) is 13.3. The average Bonchev–Trinajstić information content (AvgIpc) is 2.44. The average molecular weight is 344 g/mol. The molecule has 110 valence electrons. The number of hydrogen-bond acceptors (Lipinski definition) is 4. The summed E-state index contributed by atoms with van der Waals surface area (Å²) in [6.07, 6.45) is 1.38. The Labute approximate surface area is 135 Å². The molecule has 0 fully saturated rings. The molecule has 1 amide bonds. The van der Waals surface area contributed by atoms with E-state index in [1.54, 1.807) is 25.1 Å². The van der Waals surface area contributed by atoms with Crippen molar-refractivity contribution in [2.75, 3.05) is 11.1 Å². The predicted octanol–water partition coefficient (Wildman–Crippen LogP) is 3.06. The van der Waals surface area contributed by atoms with Crippen LogP contribution in [-0.2, 0) is 4.79 Å². The van der Waals surface area contributed by atoms with Crippen molar-refractivity contribution < 1.29 is 9.52 Å². The van der Waals surface area contributed by atoms with Gasteiger partial charge < -0.3 is 10.5 Å². The standard InChI is InChI=1S/C13H11Cl2N3O2S/c1-8-9(14)6-10(15)13(16-8)17-11(19)7-21-12-4-2-3-5-18(12)20/h2-6H,7H2,1H3,(H,16,17,19). The number of rotatable bonds is 4. The van der Waals surface area contributed by atoms with Gasteiger partial charge in [-0.2, -0.15) is 4.73 Å². The van der Waals surface area contributed by atoms with E-state index in [0.29, 0.717) is 20.5 Å². The lowest BCUT2D eigenvalue weighted by Gasteiger charge is -2.08. The molecule has 21 heavy (non-hydrogen) atoms. The van der Waals surface area contributed by atoms with Gasteiger partial charge in [0.1, 0.15) is 0 Å². The normalized spacial score (nSPS) is 10.4. The second-order valence-electron chi connectivity index (χ2n) is 4.09. The molecule has 0 bridgehead atoms. The van der Waals surface area contributed by atoms with E-state index < -0.39 is 0 Å². The van der Waals surface area contributed by atoms with Gasteiger partial charge in [-0.05, 0) is 30.8 Å². The zero-order chi connectivity index (χ0) is 15.4. The molecule has 2 aromatic rings. The molecular formula is C13H11Cl2N3O2S. The van der Waals surface area contributed by atoms with Crippen LogP contribution in [0.3, 0.4) is 0 Å². The summed E-state index contributed by atoms with van der Waals surface area (Å²) >= 11 is 13.0. The fourth-order valence-electron chi connectivity index (χ4n) is 1.48. The molecule has 0 aromatic carbocycles. The number of aromatic nitrogens is 2. The van der Waals surface area contributed by atoms with Crippen LogP contribution in [0.25, 0.3) is 0 Å². The van der Waals surface area contributed by atoms with E-state index in [-0.39, 0.29) is 22.5 Å². The second-order valence-corrected chi connectivity index (χ2v) is 5.90. The van der Waals surface area contributed by atoms with Gasteiger partial charge in [-0.3, -0.25) is 4.79 Å². The molecule has 0 aliphatic carbocycles. The number of nitrogens with zero attached hydrogens (tertiary/aromatic N) is 2. The van der Waals surface area contributed by atoms with Crippen molar-refractivity contribution in [1.82, 2.24) is 4.98 Å². The first kappa shape index (κ1) is 15.9. The largest absolute Gasteiger partial charge is 0.618 e.